The fourth-order valence-corrected chi connectivity index (χ4v) is 3.41. The molecule has 0 aromatic heterocycles. The maximum atomic E-state index is 3.84. The number of anilines is 1. The van der Waals surface area contributed by atoms with Gasteiger partial charge in [-0.2, -0.15) is 0 Å². The van der Waals surface area contributed by atoms with Crippen LogP contribution in [0.5, 0.6) is 0 Å². The van der Waals surface area contributed by atoms with Crippen molar-refractivity contribution in [3.05, 3.63) is 29.8 Å². The number of fused-ring (bicyclic) bond motifs is 1. The molecule has 0 amide bonds. The van der Waals surface area contributed by atoms with Crippen LogP contribution in [0.2, 0.25) is 0 Å². The largest absolute Gasteiger partial charge is 0.369 e. The van der Waals surface area contributed by atoms with E-state index in [4.69, 9.17) is 0 Å². The fraction of sp³-hybridized carbons (Fsp3) is 0.684. The van der Waals surface area contributed by atoms with Crippen molar-refractivity contribution >= 4 is 5.69 Å². The summed E-state index contributed by atoms with van der Waals surface area (Å²) in [4.78, 5) is 2.64. The van der Waals surface area contributed by atoms with E-state index in [9.17, 15) is 0 Å². The van der Waals surface area contributed by atoms with Gasteiger partial charge < -0.3 is 10.2 Å². The molecule has 1 aromatic carbocycles. The quantitative estimate of drug-likeness (QED) is 0.729. The molecule has 0 bridgehead atoms. The summed E-state index contributed by atoms with van der Waals surface area (Å²) < 4.78 is 0. The first kappa shape index (κ1) is 16.4. The van der Waals surface area contributed by atoms with Gasteiger partial charge in [0, 0.05) is 30.9 Å². The lowest BCUT2D eigenvalue weighted by molar-refractivity contribution is 0.306. The van der Waals surface area contributed by atoms with E-state index in [1.54, 1.807) is 0 Å². The predicted octanol–water partition coefficient (Wildman–Crippen LogP) is 4.74. The highest BCUT2D eigenvalue weighted by Gasteiger charge is 2.31. The number of hydrogen-bond acceptors (Lipinski definition) is 2. The van der Waals surface area contributed by atoms with Crippen LogP contribution in [0.25, 0.3) is 0 Å². The number of rotatable bonds is 7. The molecule has 1 heterocycles. The zero-order valence-corrected chi connectivity index (χ0v) is 14.1. The zero-order valence-electron chi connectivity index (χ0n) is 14.1. The van der Waals surface area contributed by atoms with Gasteiger partial charge in [0.2, 0.25) is 0 Å². The van der Waals surface area contributed by atoms with Crippen molar-refractivity contribution in [1.82, 2.24) is 5.32 Å². The van der Waals surface area contributed by atoms with Gasteiger partial charge in [0.25, 0.3) is 0 Å². The van der Waals surface area contributed by atoms with Gasteiger partial charge in [-0.3, -0.25) is 0 Å². The van der Waals surface area contributed by atoms with E-state index < -0.39 is 0 Å². The molecule has 0 spiro atoms. The minimum absolute atomic E-state index is 0.268. The van der Waals surface area contributed by atoms with E-state index in [1.165, 1.54) is 56.3 Å². The lowest BCUT2D eigenvalue weighted by Gasteiger charge is -2.36. The van der Waals surface area contributed by atoms with E-state index in [-0.39, 0.29) is 5.54 Å². The van der Waals surface area contributed by atoms with Crippen molar-refractivity contribution in [2.24, 2.45) is 0 Å². The molecular formula is C19H32N2. The standard InChI is InChI=1S/C19H32N2/c1-4-7-8-11-14-21-16-19(5-2,6-3)20-15-17-12-9-10-13-18(17)21/h9-10,12-13,20H,4-8,11,14-16H2,1-3H3. The average Bonchev–Trinajstić information content (AvgIpc) is 2.70. The molecule has 2 rings (SSSR count). The van der Waals surface area contributed by atoms with Crippen LogP contribution in [0.3, 0.4) is 0 Å². The summed E-state index contributed by atoms with van der Waals surface area (Å²) in [6, 6.07) is 8.93. The Bertz CT molecular complexity index is 423. The molecular weight excluding hydrogens is 256 g/mol. The van der Waals surface area contributed by atoms with Crippen molar-refractivity contribution in [2.75, 3.05) is 18.0 Å². The molecule has 2 nitrogen and oxygen atoms in total. The molecule has 0 aliphatic carbocycles. The third kappa shape index (κ3) is 4.00. The van der Waals surface area contributed by atoms with Gasteiger partial charge in [-0.05, 0) is 30.9 Å². The number of hydrogen-bond donors (Lipinski definition) is 1. The number of nitrogens with one attached hydrogen (secondary N) is 1. The number of nitrogens with zero attached hydrogens (tertiary/aromatic N) is 1. The number of unbranched alkanes of at least 4 members (excludes halogenated alkanes) is 3. The van der Waals surface area contributed by atoms with Gasteiger partial charge in [-0.25, -0.2) is 0 Å². The van der Waals surface area contributed by atoms with Crippen LogP contribution in [0.1, 0.15) is 64.9 Å². The van der Waals surface area contributed by atoms with Crippen LogP contribution in [-0.2, 0) is 6.54 Å². The highest BCUT2D eigenvalue weighted by atomic mass is 15.2. The molecule has 0 fully saturated rings. The number of para-hydroxylation sites is 1. The van der Waals surface area contributed by atoms with Crippen LogP contribution in [-0.4, -0.2) is 18.6 Å². The summed E-state index contributed by atoms with van der Waals surface area (Å²) >= 11 is 0. The Morgan fingerprint density at radius 2 is 1.81 bits per heavy atom. The second kappa shape index (κ2) is 7.84. The molecule has 118 valence electrons. The molecule has 0 saturated carbocycles. The van der Waals surface area contributed by atoms with E-state index in [0.29, 0.717) is 0 Å². The first-order chi connectivity index (χ1) is 10.2. The van der Waals surface area contributed by atoms with Crippen LogP contribution in [0, 0.1) is 0 Å². The van der Waals surface area contributed by atoms with E-state index in [0.717, 1.165) is 13.1 Å². The topological polar surface area (TPSA) is 15.3 Å². The Morgan fingerprint density at radius 3 is 2.52 bits per heavy atom. The van der Waals surface area contributed by atoms with Crippen molar-refractivity contribution in [3.63, 3.8) is 0 Å². The molecule has 0 unspecified atom stereocenters. The molecule has 1 aliphatic rings. The van der Waals surface area contributed by atoms with Gasteiger partial charge in [0.1, 0.15) is 0 Å². The Kier molecular flexibility index (Phi) is 6.10. The van der Waals surface area contributed by atoms with Crippen molar-refractivity contribution in [3.8, 4) is 0 Å². The molecule has 1 aliphatic heterocycles. The van der Waals surface area contributed by atoms with Gasteiger partial charge >= 0.3 is 0 Å². The summed E-state index contributed by atoms with van der Waals surface area (Å²) in [5, 5.41) is 3.84. The van der Waals surface area contributed by atoms with E-state index in [2.05, 4.69) is 55.3 Å². The predicted molar refractivity (Wildman–Crippen MR) is 92.9 cm³/mol. The maximum absolute atomic E-state index is 3.84. The van der Waals surface area contributed by atoms with Crippen LogP contribution >= 0.6 is 0 Å². The molecule has 0 saturated heterocycles. The maximum Gasteiger partial charge on any atom is 0.0412 e. The average molecular weight is 288 g/mol. The summed E-state index contributed by atoms with van der Waals surface area (Å²) in [5.74, 6) is 0. The third-order valence-corrected chi connectivity index (χ3v) is 5.11. The van der Waals surface area contributed by atoms with E-state index in [1.807, 2.05) is 0 Å². The lowest BCUT2D eigenvalue weighted by atomic mass is 9.92. The van der Waals surface area contributed by atoms with Crippen molar-refractivity contribution in [2.45, 2.75) is 71.4 Å². The molecule has 0 radical (unpaired) electrons. The second-order valence-corrected chi connectivity index (χ2v) is 6.45. The van der Waals surface area contributed by atoms with Crippen LogP contribution in [0.4, 0.5) is 5.69 Å². The molecule has 0 atom stereocenters. The SMILES string of the molecule is CCCCCCN1CC(CC)(CC)NCc2ccccc21. The normalized spacial score (nSPS) is 17.4. The van der Waals surface area contributed by atoms with Gasteiger partial charge in [0.05, 0.1) is 0 Å². The van der Waals surface area contributed by atoms with Crippen molar-refractivity contribution in [1.29, 1.82) is 0 Å². The van der Waals surface area contributed by atoms with Gasteiger partial charge in [0.15, 0.2) is 0 Å². The summed E-state index contributed by atoms with van der Waals surface area (Å²) in [6.45, 7) is 10.3. The van der Waals surface area contributed by atoms with Gasteiger partial charge in [-0.15, -0.1) is 0 Å². The molecule has 1 aromatic rings. The summed E-state index contributed by atoms with van der Waals surface area (Å²) in [5.41, 5.74) is 3.17. The lowest BCUT2D eigenvalue weighted by Crippen LogP contribution is -2.51. The Morgan fingerprint density at radius 1 is 1.05 bits per heavy atom. The summed E-state index contributed by atoms with van der Waals surface area (Å²) in [6.07, 6.45) is 7.73. The molecule has 2 heteroatoms. The Hall–Kier alpha value is -1.02. The smallest absolute Gasteiger partial charge is 0.0412 e. The monoisotopic (exact) mass is 288 g/mol. The second-order valence-electron chi connectivity index (χ2n) is 6.45. The van der Waals surface area contributed by atoms with Crippen molar-refractivity contribution < 1.29 is 0 Å². The van der Waals surface area contributed by atoms with Crippen LogP contribution in [0.15, 0.2) is 24.3 Å². The molecule has 21 heavy (non-hydrogen) atoms. The van der Waals surface area contributed by atoms with E-state index >= 15 is 0 Å². The van der Waals surface area contributed by atoms with Gasteiger partial charge in [-0.1, -0.05) is 58.2 Å². The third-order valence-electron chi connectivity index (χ3n) is 5.11. The first-order valence-corrected chi connectivity index (χ1v) is 8.82. The summed E-state index contributed by atoms with van der Waals surface area (Å²) in [7, 11) is 0. The Balaban J connectivity index is 2.15. The number of benzene rings is 1. The highest BCUT2D eigenvalue weighted by Crippen LogP contribution is 2.29. The van der Waals surface area contributed by atoms with Crippen LogP contribution < -0.4 is 10.2 Å². The molecule has 1 N–H and O–H groups in total. The zero-order chi connectivity index (χ0) is 15.1. The first-order valence-electron chi connectivity index (χ1n) is 8.82. The minimum atomic E-state index is 0.268. The highest BCUT2D eigenvalue weighted by molar-refractivity contribution is 5.55. The fourth-order valence-electron chi connectivity index (χ4n) is 3.41. The Labute approximate surface area is 130 Å². The minimum Gasteiger partial charge on any atom is -0.369 e.